The summed E-state index contributed by atoms with van der Waals surface area (Å²) in [6, 6.07) is 21.3. The summed E-state index contributed by atoms with van der Waals surface area (Å²) < 4.78 is 19.0. The molecule has 5 heteroatoms. The van der Waals surface area contributed by atoms with Crippen molar-refractivity contribution in [3.8, 4) is 0 Å². The van der Waals surface area contributed by atoms with Crippen molar-refractivity contribution in [2.75, 3.05) is 6.61 Å². The van der Waals surface area contributed by atoms with Crippen molar-refractivity contribution in [2.24, 2.45) is 52.3 Å². The molecule has 0 aliphatic heterocycles. The highest BCUT2D eigenvalue weighted by Gasteiger charge is 2.62. The van der Waals surface area contributed by atoms with Gasteiger partial charge in [-0.15, -0.1) is 0 Å². The summed E-state index contributed by atoms with van der Waals surface area (Å²) in [5.74, 6) is 3.17. The highest BCUT2D eigenvalue weighted by Crippen LogP contribution is 2.67. The molecule has 0 amide bonds. The van der Waals surface area contributed by atoms with Gasteiger partial charge in [-0.25, -0.2) is 0 Å². The third-order valence-electron chi connectivity index (χ3n) is 14.3. The van der Waals surface area contributed by atoms with E-state index in [2.05, 4.69) is 101 Å². The second-order valence-electron chi connectivity index (χ2n) is 17.3. The quantitative estimate of drug-likeness (QED) is 0.159. The third-order valence-corrected chi connectivity index (χ3v) is 14.3. The highest BCUT2D eigenvalue weighted by molar-refractivity contribution is 5.65. The van der Waals surface area contributed by atoms with Gasteiger partial charge in [0, 0.05) is 19.3 Å². The van der Waals surface area contributed by atoms with Gasteiger partial charge in [0.1, 0.15) is 0 Å². The summed E-state index contributed by atoms with van der Waals surface area (Å²) in [5, 5.41) is 11.7. The molecule has 3 saturated carbocycles. The molecular formula is C45H64O5. The van der Waals surface area contributed by atoms with Gasteiger partial charge in [-0.2, -0.15) is 0 Å². The maximum atomic E-state index is 11.7. The fraction of sp³-hybridized carbons (Fsp3) is 0.667. The molecule has 0 aromatic heterocycles. The molecule has 0 saturated heterocycles. The van der Waals surface area contributed by atoms with Crippen molar-refractivity contribution in [3.63, 3.8) is 0 Å². The van der Waals surface area contributed by atoms with E-state index in [1.807, 2.05) is 0 Å². The van der Waals surface area contributed by atoms with E-state index < -0.39 is 6.10 Å². The summed E-state index contributed by atoms with van der Waals surface area (Å²) in [6.07, 6.45) is 12.2. The number of rotatable bonds is 14. The van der Waals surface area contributed by atoms with Gasteiger partial charge in [0.25, 0.3) is 0 Å². The maximum Gasteiger partial charge on any atom is 0.302 e. The standard InChI is InChI=1S/C45H64O5/c1-30(2)35(22-24-48-32(4)46)25-42(47)31(3)39-19-20-40-38-18-17-36-26-37(49-28-33-13-9-7-10-14-33)27-43(50-29-34-15-11-8-12-16-34)45(36,6)41(38)21-23-44(39,40)5/h7-16,19,30-31,35-38,40-43,47H,17-18,20-29H2,1-6H3/t31-,35+,36?,37?,38?,40?,41?,42?,43?,44-,45+/m1/s1. The van der Waals surface area contributed by atoms with Gasteiger partial charge in [-0.3, -0.25) is 4.79 Å². The molecule has 0 heterocycles. The van der Waals surface area contributed by atoms with Crippen LogP contribution in [0.15, 0.2) is 72.3 Å². The van der Waals surface area contributed by atoms with Crippen LogP contribution in [0, 0.1) is 52.3 Å². The van der Waals surface area contributed by atoms with Gasteiger partial charge in [0.05, 0.1) is 38.1 Å². The van der Waals surface area contributed by atoms with Gasteiger partial charge in [-0.05, 0) is 109 Å². The minimum absolute atomic E-state index is 0.117. The second kappa shape index (κ2) is 16.0. The van der Waals surface area contributed by atoms with Crippen LogP contribution < -0.4 is 0 Å². The van der Waals surface area contributed by atoms with Gasteiger partial charge in [-0.1, -0.05) is 107 Å². The van der Waals surface area contributed by atoms with Crippen molar-refractivity contribution in [1.82, 2.24) is 0 Å². The summed E-state index contributed by atoms with van der Waals surface area (Å²) in [4.78, 5) is 11.4. The van der Waals surface area contributed by atoms with Crippen LogP contribution in [0.25, 0.3) is 0 Å². The average molecular weight is 685 g/mol. The van der Waals surface area contributed by atoms with Gasteiger partial charge in [0.2, 0.25) is 0 Å². The maximum absolute atomic E-state index is 11.7. The number of ether oxygens (including phenoxy) is 3. The lowest BCUT2D eigenvalue weighted by atomic mass is 9.43. The minimum atomic E-state index is -0.394. The second-order valence-corrected chi connectivity index (χ2v) is 17.3. The number of aliphatic hydroxyl groups is 1. The summed E-state index contributed by atoms with van der Waals surface area (Å²) >= 11 is 0. The van der Waals surface area contributed by atoms with E-state index in [0.29, 0.717) is 55.3 Å². The van der Waals surface area contributed by atoms with E-state index in [1.54, 1.807) is 0 Å². The Labute approximate surface area is 302 Å². The minimum Gasteiger partial charge on any atom is -0.466 e. The number of fused-ring (bicyclic) bond motifs is 5. The van der Waals surface area contributed by atoms with Gasteiger partial charge < -0.3 is 19.3 Å². The molecular weight excluding hydrogens is 620 g/mol. The summed E-state index contributed by atoms with van der Waals surface area (Å²) in [6.45, 7) is 15.0. The molecule has 11 atom stereocenters. The van der Waals surface area contributed by atoms with E-state index in [-0.39, 0.29) is 34.9 Å². The van der Waals surface area contributed by atoms with Crippen molar-refractivity contribution in [1.29, 1.82) is 0 Å². The predicted molar refractivity (Wildman–Crippen MR) is 200 cm³/mol. The first-order valence-corrected chi connectivity index (χ1v) is 19.8. The zero-order valence-electron chi connectivity index (χ0n) is 31.7. The Bertz CT molecular complexity index is 1420. The Kier molecular flexibility index (Phi) is 12.0. The van der Waals surface area contributed by atoms with Crippen LogP contribution >= 0.6 is 0 Å². The van der Waals surface area contributed by atoms with Crippen LogP contribution in [0.4, 0.5) is 0 Å². The largest absolute Gasteiger partial charge is 0.466 e. The van der Waals surface area contributed by atoms with Crippen molar-refractivity contribution >= 4 is 5.97 Å². The number of carbonyl (C=O) groups is 1. The Balaban J connectivity index is 1.16. The van der Waals surface area contributed by atoms with E-state index in [4.69, 9.17) is 14.2 Å². The Morgan fingerprint density at radius 1 is 0.880 bits per heavy atom. The lowest BCUT2D eigenvalue weighted by Gasteiger charge is -2.63. The molecule has 1 N–H and O–H groups in total. The number of hydrogen-bond donors (Lipinski definition) is 1. The molecule has 6 rings (SSSR count). The van der Waals surface area contributed by atoms with E-state index in [9.17, 15) is 9.90 Å². The molecule has 0 bridgehead atoms. The third kappa shape index (κ3) is 7.81. The monoisotopic (exact) mass is 684 g/mol. The Morgan fingerprint density at radius 2 is 1.54 bits per heavy atom. The zero-order valence-corrected chi connectivity index (χ0v) is 31.7. The Hall–Kier alpha value is -2.47. The fourth-order valence-electron chi connectivity index (χ4n) is 11.3. The molecule has 50 heavy (non-hydrogen) atoms. The van der Waals surface area contributed by atoms with Crippen molar-refractivity contribution < 1.29 is 24.1 Å². The topological polar surface area (TPSA) is 65.0 Å². The molecule has 4 aliphatic rings. The predicted octanol–water partition coefficient (Wildman–Crippen LogP) is 9.96. The lowest BCUT2D eigenvalue weighted by Crippen LogP contribution is -2.60. The number of hydrogen-bond acceptors (Lipinski definition) is 5. The molecule has 0 spiro atoms. The number of benzene rings is 2. The van der Waals surface area contributed by atoms with Crippen LogP contribution in [-0.4, -0.2) is 36.0 Å². The molecule has 3 fully saturated rings. The van der Waals surface area contributed by atoms with Crippen LogP contribution in [0.2, 0.25) is 0 Å². The number of carbonyl (C=O) groups excluding carboxylic acids is 1. The molecule has 7 unspecified atom stereocenters. The number of esters is 1. The highest BCUT2D eigenvalue weighted by atomic mass is 16.5. The first kappa shape index (κ1) is 37.3. The van der Waals surface area contributed by atoms with E-state index in [0.717, 1.165) is 32.1 Å². The lowest BCUT2D eigenvalue weighted by molar-refractivity contribution is -0.205. The fourth-order valence-corrected chi connectivity index (χ4v) is 11.3. The molecule has 274 valence electrons. The number of aliphatic hydroxyl groups excluding tert-OH is 1. The zero-order chi connectivity index (χ0) is 35.5. The summed E-state index contributed by atoms with van der Waals surface area (Å²) in [5.41, 5.74) is 4.23. The summed E-state index contributed by atoms with van der Waals surface area (Å²) in [7, 11) is 0. The molecule has 4 aliphatic carbocycles. The average Bonchev–Trinajstić information content (AvgIpc) is 3.46. The van der Waals surface area contributed by atoms with Crippen molar-refractivity contribution in [3.05, 3.63) is 83.4 Å². The first-order chi connectivity index (χ1) is 24.0. The molecule has 0 radical (unpaired) electrons. The van der Waals surface area contributed by atoms with Crippen LogP contribution in [0.5, 0.6) is 0 Å². The van der Waals surface area contributed by atoms with Crippen molar-refractivity contribution in [2.45, 2.75) is 131 Å². The van der Waals surface area contributed by atoms with Gasteiger partial charge in [0.15, 0.2) is 0 Å². The number of allylic oxidation sites excluding steroid dienone is 1. The van der Waals surface area contributed by atoms with E-state index >= 15 is 0 Å². The van der Waals surface area contributed by atoms with Crippen LogP contribution in [0.3, 0.4) is 0 Å². The SMILES string of the molecule is CC(=O)OCC[C@@H](CC(O)[C@H](C)C1=CCC2C3CCC4CC(OCc5ccccc5)CC(OCc5ccccc5)[C@]4(C)C3CC[C@]12C)C(C)C. The van der Waals surface area contributed by atoms with Crippen LogP contribution in [-0.2, 0) is 32.2 Å². The molecule has 2 aromatic rings. The Morgan fingerprint density at radius 3 is 2.18 bits per heavy atom. The van der Waals surface area contributed by atoms with Gasteiger partial charge >= 0.3 is 5.97 Å². The first-order valence-electron chi connectivity index (χ1n) is 19.8. The normalized spacial score (nSPS) is 33.8. The molecule has 2 aromatic carbocycles. The van der Waals surface area contributed by atoms with Crippen LogP contribution in [0.1, 0.15) is 110 Å². The smallest absolute Gasteiger partial charge is 0.302 e. The van der Waals surface area contributed by atoms with E-state index in [1.165, 1.54) is 49.3 Å². The molecule has 5 nitrogen and oxygen atoms in total.